The number of rotatable bonds is 7. The third kappa shape index (κ3) is 4.85. The molecule has 0 radical (unpaired) electrons. The maximum absolute atomic E-state index is 13.1. The lowest BCUT2D eigenvalue weighted by atomic mass is 10.2. The molecule has 0 bridgehead atoms. The van der Waals surface area contributed by atoms with Gasteiger partial charge in [-0.2, -0.15) is 4.31 Å². The van der Waals surface area contributed by atoms with Gasteiger partial charge in [0.1, 0.15) is 0 Å². The molecule has 5 nitrogen and oxygen atoms in total. The summed E-state index contributed by atoms with van der Waals surface area (Å²) in [5, 5.41) is 3.30. The highest BCUT2D eigenvalue weighted by atomic mass is 79.9. The van der Waals surface area contributed by atoms with Crippen LogP contribution in [0.25, 0.3) is 0 Å². The fraction of sp³-hybridized carbons (Fsp3) is 0.278. The Labute approximate surface area is 166 Å². The highest BCUT2D eigenvalue weighted by molar-refractivity contribution is 9.10. The van der Waals surface area contributed by atoms with E-state index in [9.17, 15) is 13.2 Å². The van der Waals surface area contributed by atoms with E-state index in [0.29, 0.717) is 10.6 Å². The molecule has 138 valence electrons. The van der Waals surface area contributed by atoms with Gasteiger partial charge >= 0.3 is 0 Å². The third-order valence-electron chi connectivity index (χ3n) is 4.02. The zero-order chi connectivity index (χ0) is 18.7. The molecular formula is C18H18BrClN2O3S. The number of nitrogens with zero attached hydrogens (tertiary/aromatic N) is 1. The van der Waals surface area contributed by atoms with Crippen molar-refractivity contribution in [2.24, 2.45) is 0 Å². The van der Waals surface area contributed by atoms with Gasteiger partial charge in [0.2, 0.25) is 15.9 Å². The molecule has 26 heavy (non-hydrogen) atoms. The Morgan fingerprint density at radius 3 is 2.42 bits per heavy atom. The predicted octanol–water partition coefficient (Wildman–Crippen LogP) is 3.57. The Kier molecular flexibility index (Phi) is 6.02. The number of nitrogens with one attached hydrogen (secondary N) is 1. The molecule has 1 aliphatic carbocycles. The highest BCUT2D eigenvalue weighted by Crippen LogP contribution is 2.24. The second kappa shape index (κ2) is 8.08. The number of benzene rings is 2. The molecule has 0 unspecified atom stereocenters. The van der Waals surface area contributed by atoms with Crippen molar-refractivity contribution in [3.8, 4) is 0 Å². The topological polar surface area (TPSA) is 66.5 Å². The number of carbonyl (C=O) groups is 1. The van der Waals surface area contributed by atoms with Gasteiger partial charge in [0.05, 0.1) is 11.4 Å². The number of halogens is 2. The molecular weight excluding hydrogens is 440 g/mol. The van der Waals surface area contributed by atoms with E-state index in [1.54, 1.807) is 36.4 Å². The largest absolute Gasteiger partial charge is 0.352 e. The number of sulfonamides is 1. The van der Waals surface area contributed by atoms with Crippen LogP contribution in [0.15, 0.2) is 57.9 Å². The van der Waals surface area contributed by atoms with Gasteiger partial charge in [-0.05, 0) is 48.7 Å². The van der Waals surface area contributed by atoms with Crippen molar-refractivity contribution in [3.05, 3.63) is 63.6 Å². The van der Waals surface area contributed by atoms with Crippen LogP contribution in [-0.2, 0) is 21.4 Å². The van der Waals surface area contributed by atoms with E-state index in [0.717, 1.165) is 21.6 Å². The van der Waals surface area contributed by atoms with Crippen molar-refractivity contribution in [2.45, 2.75) is 30.3 Å². The van der Waals surface area contributed by atoms with E-state index >= 15 is 0 Å². The lowest BCUT2D eigenvalue weighted by Crippen LogP contribution is -2.41. The first kappa shape index (κ1) is 19.4. The van der Waals surface area contributed by atoms with Crippen molar-refractivity contribution < 1.29 is 13.2 Å². The van der Waals surface area contributed by atoms with Crippen LogP contribution in [0.3, 0.4) is 0 Å². The van der Waals surface area contributed by atoms with Crippen molar-refractivity contribution in [2.75, 3.05) is 6.54 Å². The molecule has 2 aromatic rings. The summed E-state index contributed by atoms with van der Waals surface area (Å²) in [6.45, 7) is -0.226. The Morgan fingerprint density at radius 2 is 1.81 bits per heavy atom. The molecule has 0 heterocycles. The first-order valence-electron chi connectivity index (χ1n) is 8.15. The first-order chi connectivity index (χ1) is 12.4. The van der Waals surface area contributed by atoms with Gasteiger partial charge in [0, 0.05) is 22.1 Å². The van der Waals surface area contributed by atoms with E-state index < -0.39 is 10.0 Å². The number of hydrogen-bond acceptors (Lipinski definition) is 3. The minimum atomic E-state index is -3.85. The summed E-state index contributed by atoms with van der Waals surface area (Å²) in [5.74, 6) is -0.305. The van der Waals surface area contributed by atoms with Crippen LogP contribution < -0.4 is 5.32 Å². The first-order valence-corrected chi connectivity index (χ1v) is 10.8. The lowest BCUT2D eigenvalue weighted by Gasteiger charge is -2.22. The summed E-state index contributed by atoms with van der Waals surface area (Å²) in [6.07, 6.45) is 1.88. The molecule has 1 amide bonds. The Hall–Kier alpha value is -1.41. The second-order valence-electron chi connectivity index (χ2n) is 6.16. The van der Waals surface area contributed by atoms with Gasteiger partial charge in [-0.3, -0.25) is 4.79 Å². The SMILES string of the molecule is O=C(CN(Cc1ccccc1Cl)S(=O)(=O)c1ccc(Br)cc1)NC1CC1. The van der Waals surface area contributed by atoms with Gasteiger partial charge < -0.3 is 5.32 Å². The molecule has 2 aromatic carbocycles. The molecule has 0 spiro atoms. The Morgan fingerprint density at radius 1 is 1.15 bits per heavy atom. The lowest BCUT2D eigenvalue weighted by molar-refractivity contribution is -0.121. The van der Waals surface area contributed by atoms with E-state index in [1.807, 2.05) is 0 Å². The predicted molar refractivity (Wildman–Crippen MR) is 104 cm³/mol. The van der Waals surface area contributed by atoms with E-state index in [-0.39, 0.29) is 29.9 Å². The quantitative estimate of drug-likeness (QED) is 0.691. The molecule has 3 rings (SSSR count). The van der Waals surface area contributed by atoms with Crippen LogP contribution in [0.5, 0.6) is 0 Å². The molecule has 0 saturated heterocycles. The number of amides is 1. The van der Waals surface area contributed by atoms with Crippen molar-refractivity contribution >= 4 is 43.5 Å². The van der Waals surface area contributed by atoms with E-state index in [1.165, 1.54) is 12.1 Å². The maximum atomic E-state index is 13.1. The highest BCUT2D eigenvalue weighted by Gasteiger charge is 2.30. The smallest absolute Gasteiger partial charge is 0.243 e. The molecule has 1 aliphatic rings. The van der Waals surface area contributed by atoms with Crippen LogP contribution in [0.1, 0.15) is 18.4 Å². The Balaban J connectivity index is 1.88. The molecule has 0 aromatic heterocycles. The average molecular weight is 458 g/mol. The summed E-state index contributed by atoms with van der Waals surface area (Å²) < 4.78 is 28.1. The van der Waals surface area contributed by atoms with Crippen LogP contribution in [0, 0.1) is 0 Å². The van der Waals surface area contributed by atoms with Gasteiger partial charge in [0.25, 0.3) is 0 Å². The van der Waals surface area contributed by atoms with Gasteiger partial charge in [-0.1, -0.05) is 45.7 Å². The summed E-state index contributed by atoms with van der Waals surface area (Å²) >= 11 is 9.48. The molecule has 1 fully saturated rings. The van der Waals surface area contributed by atoms with Crippen LogP contribution in [0.2, 0.25) is 5.02 Å². The van der Waals surface area contributed by atoms with Gasteiger partial charge in [0.15, 0.2) is 0 Å². The normalized spacial score (nSPS) is 14.4. The number of hydrogen-bond donors (Lipinski definition) is 1. The van der Waals surface area contributed by atoms with Crippen LogP contribution >= 0.6 is 27.5 Å². The van der Waals surface area contributed by atoms with Crippen LogP contribution in [-0.4, -0.2) is 31.2 Å². The van der Waals surface area contributed by atoms with Crippen molar-refractivity contribution in [1.82, 2.24) is 9.62 Å². The number of carbonyl (C=O) groups excluding carboxylic acids is 1. The standard InChI is InChI=1S/C18H18BrClN2O3S/c19-14-5-9-16(10-6-14)26(24,25)22(12-18(23)21-15-7-8-15)11-13-3-1-2-4-17(13)20/h1-6,9-10,15H,7-8,11-12H2,(H,21,23). The van der Waals surface area contributed by atoms with Crippen molar-refractivity contribution in [1.29, 1.82) is 0 Å². The van der Waals surface area contributed by atoms with Gasteiger partial charge in [-0.15, -0.1) is 0 Å². The summed E-state index contributed by atoms with van der Waals surface area (Å²) in [6, 6.07) is 13.5. The monoisotopic (exact) mass is 456 g/mol. The molecule has 1 saturated carbocycles. The zero-order valence-corrected chi connectivity index (χ0v) is 17.0. The fourth-order valence-corrected chi connectivity index (χ4v) is 4.29. The summed E-state index contributed by atoms with van der Waals surface area (Å²) in [4.78, 5) is 12.4. The minimum absolute atomic E-state index is 0.0240. The average Bonchev–Trinajstić information content (AvgIpc) is 3.40. The zero-order valence-electron chi connectivity index (χ0n) is 13.9. The minimum Gasteiger partial charge on any atom is -0.352 e. The summed E-state index contributed by atoms with van der Waals surface area (Å²) in [7, 11) is -3.85. The molecule has 8 heteroatoms. The van der Waals surface area contributed by atoms with Crippen molar-refractivity contribution in [3.63, 3.8) is 0 Å². The Bertz CT molecular complexity index is 899. The van der Waals surface area contributed by atoms with Crippen LogP contribution in [0.4, 0.5) is 0 Å². The molecule has 1 N–H and O–H groups in total. The molecule has 0 aliphatic heterocycles. The van der Waals surface area contributed by atoms with Gasteiger partial charge in [-0.25, -0.2) is 8.42 Å². The van der Waals surface area contributed by atoms with E-state index in [2.05, 4.69) is 21.2 Å². The second-order valence-corrected chi connectivity index (χ2v) is 9.42. The third-order valence-corrected chi connectivity index (χ3v) is 6.72. The molecule has 0 atom stereocenters. The summed E-state index contributed by atoms with van der Waals surface area (Å²) in [5.41, 5.74) is 0.647. The fourth-order valence-electron chi connectivity index (χ4n) is 2.46. The van der Waals surface area contributed by atoms with E-state index in [4.69, 9.17) is 11.6 Å². The maximum Gasteiger partial charge on any atom is 0.243 e.